The van der Waals surface area contributed by atoms with E-state index in [1.807, 2.05) is 0 Å². The van der Waals surface area contributed by atoms with Gasteiger partial charge >= 0.3 is 0 Å². The molecule has 0 aromatic carbocycles. The molecule has 1 heterocycles. The van der Waals surface area contributed by atoms with E-state index in [9.17, 15) is 0 Å². The predicted molar refractivity (Wildman–Crippen MR) is 44.9 cm³/mol. The zero-order chi connectivity index (χ0) is 7.40. The summed E-state index contributed by atoms with van der Waals surface area (Å²) in [5, 5.41) is 21.7. The minimum atomic E-state index is -0.217. The van der Waals surface area contributed by atoms with Crippen LogP contribution in [0.3, 0.4) is 0 Å². The van der Waals surface area contributed by atoms with Gasteiger partial charge in [0.15, 0.2) is 0 Å². The van der Waals surface area contributed by atoms with Gasteiger partial charge in [-0.3, -0.25) is 0 Å². The second-order valence-electron chi connectivity index (χ2n) is 1.99. The Kier molecular flexibility index (Phi) is 2.92. The third-order valence-electron chi connectivity index (χ3n) is 1.36. The Morgan fingerprint density at radius 1 is 0.900 bits per heavy atom. The minimum Gasteiger partial charge on any atom is -0.185 e. The molecular formula is C6H8N2S2. The Hall–Kier alpha value is -0.320. The lowest BCUT2D eigenvalue weighted by Crippen LogP contribution is -2.11. The molecule has 0 N–H and O–H groups in total. The van der Waals surface area contributed by atoms with E-state index in [2.05, 4.69) is 10.8 Å². The fraction of sp³-hybridized carbons (Fsp3) is 0.667. The maximum atomic E-state index is 8.61. The van der Waals surface area contributed by atoms with Crippen molar-refractivity contribution in [1.82, 2.24) is 0 Å². The summed E-state index contributed by atoms with van der Waals surface area (Å²) in [5.41, 5.74) is 0. The van der Waals surface area contributed by atoms with Crippen molar-refractivity contribution in [1.29, 1.82) is 10.5 Å². The molecule has 0 aromatic rings. The largest absolute Gasteiger partial charge is 0.185 e. The van der Waals surface area contributed by atoms with Gasteiger partial charge in [0.2, 0.25) is 0 Å². The lowest BCUT2D eigenvalue weighted by molar-refractivity contribution is 0.903. The Morgan fingerprint density at radius 2 is 1.30 bits per heavy atom. The molecule has 1 rings (SSSR count). The third-order valence-corrected chi connectivity index (χ3v) is 6.47. The number of nitrogens with zero attached hydrogens (tertiary/aromatic N) is 2. The molecule has 0 spiro atoms. The molecule has 0 aromatic heterocycles. The maximum absolute atomic E-state index is 8.61. The summed E-state index contributed by atoms with van der Waals surface area (Å²) in [7, 11) is -0.434. The molecule has 0 fully saturated rings. The Bertz CT molecular complexity index is 217. The van der Waals surface area contributed by atoms with Crippen molar-refractivity contribution in [2.75, 3.05) is 11.5 Å². The van der Waals surface area contributed by atoms with Crippen molar-refractivity contribution in [3.63, 3.8) is 0 Å². The van der Waals surface area contributed by atoms with E-state index in [1.165, 1.54) is 0 Å². The van der Waals surface area contributed by atoms with Gasteiger partial charge in [0.25, 0.3) is 0 Å². The second-order valence-corrected chi connectivity index (χ2v) is 6.97. The highest BCUT2D eigenvalue weighted by Gasteiger charge is 2.08. The third kappa shape index (κ3) is 1.59. The first-order valence-corrected chi connectivity index (χ1v) is 6.40. The zero-order valence-corrected chi connectivity index (χ0v) is 7.17. The quantitative estimate of drug-likeness (QED) is 0.509. The van der Waals surface area contributed by atoms with Crippen LogP contribution >= 0.6 is 0 Å². The van der Waals surface area contributed by atoms with Gasteiger partial charge in [0.1, 0.15) is 10.8 Å². The predicted octanol–water partition coefficient (Wildman–Crippen LogP) is 0.894. The smallest absolute Gasteiger partial charge is 0.133 e. The Labute approximate surface area is 65.0 Å². The molecule has 0 bridgehead atoms. The van der Waals surface area contributed by atoms with E-state index in [-0.39, 0.29) is 18.9 Å². The lowest BCUT2D eigenvalue weighted by Gasteiger charge is -2.10. The summed E-state index contributed by atoms with van der Waals surface area (Å²) in [6.45, 7) is 0. The van der Waals surface area contributed by atoms with Crippen LogP contribution in [0.25, 0.3) is 0 Å². The van der Waals surface area contributed by atoms with Gasteiger partial charge in [0, 0.05) is 11.5 Å². The van der Waals surface area contributed by atoms with Gasteiger partial charge in [-0.05, 0) is 31.8 Å². The topological polar surface area (TPSA) is 47.6 Å². The van der Waals surface area contributed by atoms with E-state index in [0.717, 1.165) is 24.3 Å². The first-order valence-electron chi connectivity index (χ1n) is 3.10. The first kappa shape index (κ1) is 7.78. The molecule has 10 heavy (non-hydrogen) atoms. The van der Waals surface area contributed by atoms with Gasteiger partial charge in [-0.2, -0.15) is 10.5 Å². The summed E-state index contributed by atoms with van der Waals surface area (Å²) >= 11 is 0. The van der Waals surface area contributed by atoms with E-state index >= 15 is 0 Å². The zero-order valence-electron chi connectivity index (χ0n) is 5.54. The minimum absolute atomic E-state index is 0.217. The SMILES string of the molecule is N#CS1=S(C#N)CCCC1. The number of hydrogen-bond acceptors (Lipinski definition) is 2. The number of nitriles is 2. The van der Waals surface area contributed by atoms with E-state index < -0.39 is 0 Å². The number of rotatable bonds is 0. The molecule has 0 aliphatic carbocycles. The standard InChI is InChI=1S/C6H8N2S2/c7-5-9-3-1-2-4-10(9)6-8/h1-4H2. The summed E-state index contributed by atoms with van der Waals surface area (Å²) in [4.78, 5) is 0. The van der Waals surface area contributed by atoms with Crippen molar-refractivity contribution < 1.29 is 0 Å². The molecule has 1 aliphatic rings. The molecular weight excluding hydrogens is 164 g/mol. The van der Waals surface area contributed by atoms with E-state index in [1.54, 1.807) is 0 Å². The van der Waals surface area contributed by atoms with Crippen molar-refractivity contribution in [3.8, 4) is 10.8 Å². The highest BCUT2D eigenvalue weighted by molar-refractivity contribution is 8.47. The van der Waals surface area contributed by atoms with Crippen LogP contribution in [0.2, 0.25) is 0 Å². The summed E-state index contributed by atoms with van der Waals surface area (Å²) in [6, 6.07) is 0. The molecule has 2 atom stereocenters. The van der Waals surface area contributed by atoms with Crippen LogP contribution in [0.4, 0.5) is 0 Å². The van der Waals surface area contributed by atoms with Crippen LogP contribution in [-0.4, -0.2) is 11.5 Å². The molecule has 54 valence electrons. The van der Waals surface area contributed by atoms with E-state index in [4.69, 9.17) is 10.5 Å². The van der Waals surface area contributed by atoms with Crippen molar-refractivity contribution in [2.45, 2.75) is 12.8 Å². The van der Waals surface area contributed by atoms with Gasteiger partial charge in [0.05, 0.1) is 0 Å². The summed E-state index contributed by atoms with van der Waals surface area (Å²) < 4.78 is 0. The van der Waals surface area contributed by atoms with Crippen LogP contribution in [-0.2, 0) is 18.9 Å². The van der Waals surface area contributed by atoms with Crippen LogP contribution in [0.15, 0.2) is 0 Å². The highest BCUT2D eigenvalue weighted by atomic mass is 32.9. The van der Waals surface area contributed by atoms with E-state index in [0.29, 0.717) is 0 Å². The number of hydrogen-bond donors (Lipinski definition) is 0. The average molecular weight is 172 g/mol. The van der Waals surface area contributed by atoms with Gasteiger partial charge < -0.3 is 0 Å². The highest BCUT2D eigenvalue weighted by Crippen LogP contribution is 2.07. The molecule has 1 aliphatic heterocycles. The molecule has 0 amide bonds. The van der Waals surface area contributed by atoms with Gasteiger partial charge in [-0.25, -0.2) is 0 Å². The van der Waals surface area contributed by atoms with Gasteiger partial charge in [-0.15, -0.1) is 0 Å². The number of thiocyanates is 2. The normalized spacial score (nSPS) is 32.2. The van der Waals surface area contributed by atoms with Crippen LogP contribution in [0.1, 0.15) is 12.8 Å². The van der Waals surface area contributed by atoms with Crippen LogP contribution < -0.4 is 0 Å². The van der Waals surface area contributed by atoms with Crippen molar-refractivity contribution >= 4 is 18.9 Å². The lowest BCUT2D eigenvalue weighted by atomic mass is 10.4. The average Bonchev–Trinajstić information content (AvgIpc) is 2.04. The second kappa shape index (κ2) is 3.75. The molecule has 2 unspecified atom stereocenters. The fourth-order valence-corrected chi connectivity index (χ4v) is 5.00. The summed E-state index contributed by atoms with van der Waals surface area (Å²) in [5.74, 6) is 1.93. The molecule has 0 radical (unpaired) electrons. The van der Waals surface area contributed by atoms with Crippen LogP contribution in [0, 0.1) is 21.3 Å². The monoisotopic (exact) mass is 172 g/mol. The fourth-order valence-electron chi connectivity index (χ4n) is 0.849. The first-order chi connectivity index (χ1) is 4.88. The van der Waals surface area contributed by atoms with Gasteiger partial charge in [-0.1, -0.05) is 0 Å². The van der Waals surface area contributed by atoms with Crippen molar-refractivity contribution in [2.24, 2.45) is 0 Å². The molecule has 0 saturated carbocycles. The van der Waals surface area contributed by atoms with Crippen molar-refractivity contribution in [3.05, 3.63) is 0 Å². The molecule has 0 saturated heterocycles. The summed E-state index contributed by atoms with van der Waals surface area (Å²) in [6.07, 6.45) is 2.28. The maximum Gasteiger partial charge on any atom is 0.133 e. The Morgan fingerprint density at radius 3 is 1.60 bits per heavy atom. The van der Waals surface area contributed by atoms with Crippen LogP contribution in [0.5, 0.6) is 0 Å². The Balaban J connectivity index is 2.88. The molecule has 2 nitrogen and oxygen atoms in total. The molecule has 4 heteroatoms.